The number of nitrogens with one attached hydrogen (secondary N) is 2. The number of furan rings is 1. The van der Waals surface area contributed by atoms with Crippen LogP contribution in [0.5, 0.6) is 0 Å². The molecular formula is C13H24IN3O3. The Balaban J connectivity index is 0.00000361. The first-order valence-corrected chi connectivity index (χ1v) is 6.60. The minimum absolute atomic E-state index is 0. The van der Waals surface area contributed by atoms with E-state index in [2.05, 4.69) is 15.6 Å². The third-order valence-corrected chi connectivity index (χ3v) is 2.33. The topological polar surface area (TPSA) is 79.0 Å². The van der Waals surface area contributed by atoms with Gasteiger partial charge >= 0.3 is 0 Å². The summed E-state index contributed by atoms with van der Waals surface area (Å²) in [5.74, 6) is 1.72. The van der Waals surface area contributed by atoms with Gasteiger partial charge in [-0.25, -0.2) is 0 Å². The normalized spacial score (nSPS) is 11.0. The van der Waals surface area contributed by atoms with E-state index in [4.69, 9.17) is 14.3 Å². The number of hydrogen-bond acceptors (Lipinski definition) is 4. The average molecular weight is 397 g/mol. The highest BCUT2D eigenvalue weighted by molar-refractivity contribution is 14.0. The highest BCUT2D eigenvalue weighted by Gasteiger charge is 1.98. The van der Waals surface area contributed by atoms with Crippen LogP contribution in [0.1, 0.15) is 12.7 Å². The van der Waals surface area contributed by atoms with Crippen molar-refractivity contribution in [3.8, 4) is 0 Å². The quantitative estimate of drug-likeness (QED) is 0.251. The van der Waals surface area contributed by atoms with Crippen molar-refractivity contribution in [3.63, 3.8) is 0 Å². The second-order valence-corrected chi connectivity index (χ2v) is 3.85. The summed E-state index contributed by atoms with van der Waals surface area (Å²) in [6, 6.07) is 3.83. The van der Waals surface area contributed by atoms with Gasteiger partial charge in [0.05, 0.1) is 32.6 Å². The summed E-state index contributed by atoms with van der Waals surface area (Å²) in [4.78, 5) is 4.36. The van der Waals surface area contributed by atoms with Gasteiger partial charge in [-0.1, -0.05) is 0 Å². The van der Waals surface area contributed by atoms with E-state index in [9.17, 15) is 0 Å². The zero-order valence-corrected chi connectivity index (χ0v) is 14.1. The van der Waals surface area contributed by atoms with Crippen LogP contribution < -0.4 is 10.6 Å². The predicted molar refractivity (Wildman–Crippen MR) is 89.7 cm³/mol. The van der Waals surface area contributed by atoms with E-state index in [-0.39, 0.29) is 30.6 Å². The number of rotatable bonds is 9. The summed E-state index contributed by atoms with van der Waals surface area (Å²) in [5, 5.41) is 15.0. The third kappa shape index (κ3) is 9.16. The molecule has 116 valence electrons. The van der Waals surface area contributed by atoms with E-state index < -0.39 is 0 Å². The minimum atomic E-state index is 0. The van der Waals surface area contributed by atoms with Gasteiger partial charge in [0.2, 0.25) is 0 Å². The number of aliphatic imine (C=N–C) groups is 1. The summed E-state index contributed by atoms with van der Waals surface area (Å²) in [6.45, 7) is 5.07. The number of guanidine groups is 1. The van der Waals surface area contributed by atoms with Crippen molar-refractivity contribution < 1.29 is 14.3 Å². The molecule has 1 aromatic rings. The second kappa shape index (κ2) is 13.2. The summed E-state index contributed by atoms with van der Waals surface area (Å²) in [7, 11) is 0. The van der Waals surface area contributed by atoms with Crippen molar-refractivity contribution in [1.29, 1.82) is 0 Å². The molecule has 0 atom stereocenters. The molecule has 20 heavy (non-hydrogen) atoms. The fourth-order valence-electron chi connectivity index (χ4n) is 1.49. The van der Waals surface area contributed by atoms with Crippen LogP contribution >= 0.6 is 24.0 Å². The van der Waals surface area contributed by atoms with Gasteiger partial charge in [0.1, 0.15) is 5.76 Å². The highest BCUT2D eigenvalue weighted by atomic mass is 127. The highest BCUT2D eigenvalue weighted by Crippen LogP contribution is 1.99. The molecule has 7 heteroatoms. The predicted octanol–water partition coefficient (Wildman–Crippen LogP) is 1.00. The van der Waals surface area contributed by atoms with Crippen molar-refractivity contribution in [2.45, 2.75) is 13.3 Å². The first-order chi connectivity index (χ1) is 9.36. The first kappa shape index (κ1) is 19.2. The molecule has 0 bridgehead atoms. The standard InChI is InChI=1S/C13H23N3O3.HI/c1-2-14-13(16-7-10-18-11-8-17)15-6-5-12-4-3-9-19-12;/h3-4,9,17H,2,5-8,10-11H2,1H3,(H2,14,15,16);1H. The van der Waals surface area contributed by atoms with Gasteiger partial charge in [0, 0.05) is 19.5 Å². The van der Waals surface area contributed by atoms with E-state index in [1.807, 2.05) is 19.1 Å². The van der Waals surface area contributed by atoms with Crippen molar-refractivity contribution in [3.05, 3.63) is 24.2 Å². The molecule has 1 aromatic heterocycles. The van der Waals surface area contributed by atoms with Crippen LogP contribution in [-0.4, -0.2) is 50.5 Å². The molecule has 0 aliphatic rings. The summed E-state index contributed by atoms with van der Waals surface area (Å²) >= 11 is 0. The van der Waals surface area contributed by atoms with Crippen LogP contribution in [0.2, 0.25) is 0 Å². The number of aliphatic hydroxyl groups excluding tert-OH is 1. The van der Waals surface area contributed by atoms with Gasteiger partial charge in [-0.05, 0) is 19.1 Å². The van der Waals surface area contributed by atoms with Crippen LogP contribution in [0.15, 0.2) is 27.8 Å². The maximum absolute atomic E-state index is 8.57. The van der Waals surface area contributed by atoms with Crippen molar-refractivity contribution in [1.82, 2.24) is 10.6 Å². The van der Waals surface area contributed by atoms with E-state index in [1.165, 1.54) is 0 Å². The van der Waals surface area contributed by atoms with Crippen molar-refractivity contribution in [2.24, 2.45) is 4.99 Å². The molecule has 1 rings (SSSR count). The molecule has 0 amide bonds. The molecule has 0 saturated heterocycles. The number of hydrogen-bond donors (Lipinski definition) is 3. The SMILES string of the molecule is CCNC(=NCCOCCO)NCCc1ccco1.I. The van der Waals surface area contributed by atoms with E-state index in [0.717, 1.165) is 31.2 Å². The van der Waals surface area contributed by atoms with Crippen LogP contribution in [-0.2, 0) is 11.2 Å². The van der Waals surface area contributed by atoms with E-state index in [1.54, 1.807) is 6.26 Å². The maximum atomic E-state index is 8.57. The van der Waals surface area contributed by atoms with Gasteiger partial charge in [-0.3, -0.25) is 4.99 Å². The van der Waals surface area contributed by atoms with Crippen LogP contribution in [0.4, 0.5) is 0 Å². The fraction of sp³-hybridized carbons (Fsp3) is 0.615. The first-order valence-electron chi connectivity index (χ1n) is 6.60. The maximum Gasteiger partial charge on any atom is 0.191 e. The molecular weight excluding hydrogens is 373 g/mol. The van der Waals surface area contributed by atoms with E-state index in [0.29, 0.717) is 19.8 Å². The molecule has 0 radical (unpaired) electrons. The molecule has 0 spiro atoms. The van der Waals surface area contributed by atoms with Crippen LogP contribution in [0.3, 0.4) is 0 Å². The Morgan fingerprint density at radius 1 is 1.40 bits per heavy atom. The Labute approximate surface area is 137 Å². The molecule has 0 fully saturated rings. The van der Waals surface area contributed by atoms with Gasteiger partial charge in [0.25, 0.3) is 0 Å². The number of nitrogens with zero attached hydrogens (tertiary/aromatic N) is 1. The summed E-state index contributed by atoms with van der Waals surface area (Å²) in [6.07, 6.45) is 2.49. The Morgan fingerprint density at radius 3 is 2.90 bits per heavy atom. The molecule has 0 saturated carbocycles. The van der Waals surface area contributed by atoms with Gasteiger partial charge in [-0.2, -0.15) is 0 Å². The monoisotopic (exact) mass is 397 g/mol. The lowest BCUT2D eigenvalue weighted by atomic mass is 10.3. The van der Waals surface area contributed by atoms with Gasteiger partial charge < -0.3 is 24.9 Å². The molecule has 6 nitrogen and oxygen atoms in total. The molecule has 1 heterocycles. The molecule has 0 aromatic carbocycles. The molecule has 0 unspecified atom stereocenters. The van der Waals surface area contributed by atoms with Gasteiger partial charge in [-0.15, -0.1) is 24.0 Å². The number of ether oxygens (including phenoxy) is 1. The Bertz CT molecular complexity index is 345. The largest absolute Gasteiger partial charge is 0.469 e. The lowest BCUT2D eigenvalue weighted by Gasteiger charge is -2.10. The lowest BCUT2D eigenvalue weighted by Crippen LogP contribution is -2.38. The summed E-state index contributed by atoms with van der Waals surface area (Å²) < 4.78 is 10.4. The Morgan fingerprint density at radius 2 is 2.25 bits per heavy atom. The summed E-state index contributed by atoms with van der Waals surface area (Å²) in [5.41, 5.74) is 0. The van der Waals surface area contributed by atoms with Crippen molar-refractivity contribution >= 4 is 29.9 Å². The fourth-order valence-corrected chi connectivity index (χ4v) is 1.49. The van der Waals surface area contributed by atoms with Crippen LogP contribution in [0.25, 0.3) is 0 Å². The van der Waals surface area contributed by atoms with Crippen molar-refractivity contribution in [2.75, 3.05) is 39.5 Å². The Hall–Kier alpha value is -0.800. The number of halogens is 1. The minimum Gasteiger partial charge on any atom is -0.469 e. The van der Waals surface area contributed by atoms with Crippen LogP contribution in [0, 0.1) is 0 Å². The number of aliphatic hydroxyl groups is 1. The van der Waals surface area contributed by atoms with E-state index >= 15 is 0 Å². The third-order valence-electron chi connectivity index (χ3n) is 2.33. The zero-order valence-electron chi connectivity index (χ0n) is 11.8. The zero-order chi connectivity index (χ0) is 13.8. The Kier molecular flexibility index (Phi) is 12.7. The molecule has 0 aliphatic carbocycles. The second-order valence-electron chi connectivity index (χ2n) is 3.85. The molecule has 0 aliphatic heterocycles. The van der Waals surface area contributed by atoms with Gasteiger partial charge in [0.15, 0.2) is 5.96 Å². The lowest BCUT2D eigenvalue weighted by molar-refractivity contribution is 0.0977. The average Bonchev–Trinajstić information content (AvgIpc) is 2.91. The molecule has 3 N–H and O–H groups in total. The smallest absolute Gasteiger partial charge is 0.191 e.